The highest BCUT2D eigenvalue weighted by atomic mass is 16.2. The number of carbonyl (C=O) groups excluding carboxylic acids is 1. The van der Waals surface area contributed by atoms with Crippen molar-refractivity contribution in [3.05, 3.63) is 69.5 Å². The van der Waals surface area contributed by atoms with Crippen molar-refractivity contribution in [3.63, 3.8) is 0 Å². The minimum absolute atomic E-state index is 0.257. The molecule has 162 valence electrons. The fourth-order valence-corrected chi connectivity index (χ4v) is 4.17. The average Bonchev–Trinajstić information content (AvgIpc) is 3.35. The van der Waals surface area contributed by atoms with Gasteiger partial charge in [-0.2, -0.15) is 5.10 Å². The molecule has 1 amide bonds. The number of H-pyrrole nitrogens is 1. The van der Waals surface area contributed by atoms with Gasteiger partial charge in [-0.25, -0.2) is 19.5 Å². The quantitative estimate of drug-likeness (QED) is 0.504. The number of rotatable bonds is 5. The Morgan fingerprint density at radius 1 is 1.12 bits per heavy atom. The number of nitrogens with one attached hydrogen (secondary N) is 2. The summed E-state index contributed by atoms with van der Waals surface area (Å²) in [4.78, 5) is 42.6. The van der Waals surface area contributed by atoms with Crippen LogP contribution in [0.5, 0.6) is 0 Å². The summed E-state index contributed by atoms with van der Waals surface area (Å²) in [5, 5.41) is 7.03. The maximum absolute atomic E-state index is 13.2. The van der Waals surface area contributed by atoms with E-state index in [9.17, 15) is 9.59 Å². The number of carbonyl (C=O) groups is 1. The molecular weight excluding hydrogens is 406 g/mol. The van der Waals surface area contributed by atoms with Gasteiger partial charge in [0.1, 0.15) is 23.3 Å². The van der Waals surface area contributed by atoms with E-state index in [4.69, 9.17) is 4.98 Å². The van der Waals surface area contributed by atoms with Gasteiger partial charge in [0.25, 0.3) is 5.56 Å². The second-order valence-electron chi connectivity index (χ2n) is 8.29. The Morgan fingerprint density at radius 3 is 2.66 bits per heavy atom. The van der Waals surface area contributed by atoms with Crippen LogP contribution in [-0.4, -0.2) is 35.5 Å². The standard InChI is InChI=1S/C23H23N7O2/c1-4-5-6-15-20-24-12-25-30(20)11-16(26-15)18-27-19-17(21(31)28-18)23(3,22(32)29-19)14-9-7-13(2)8-10-14/h7-12H,4-6H2,1-3H3,(H2,27,28,29,31,32)/t23-/m0/s1. The summed E-state index contributed by atoms with van der Waals surface area (Å²) in [7, 11) is 0. The molecule has 0 radical (unpaired) electrons. The third kappa shape index (κ3) is 3.00. The largest absolute Gasteiger partial charge is 0.309 e. The molecule has 1 atom stereocenters. The molecule has 0 aliphatic carbocycles. The van der Waals surface area contributed by atoms with E-state index in [0.29, 0.717) is 16.9 Å². The van der Waals surface area contributed by atoms with Crippen molar-refractivity contribution < 1.29 is 4.79 Å². The smallest absolute Gasteiger partial charge is 0.257 e. The Hall–Kier alpha value is -3.88. The zero-order chi connectivity index (χ0) is 22.5. The number of hydrogen-bond donors (Lipinski definition) is 2. The van der Waals surface area contributed by atoms with Crippen molar-refractivity contribution in [1.29, 1.82) is 0 Å². The third-order valence-electron chi connectivity index (χ3n) is 6.08. The summed E-state index contributed by atoms with van der Waals surface area (Å²) in [5.74, 6) is 0.250. The molecule has 4 aromatic rings. The number of unbranched alkanes of at least 4 members (excludes halogenated alkanes) is 1. The van der Waals surface area contributed by atoms with Crippen LogP contribution in [0.4, 0.5) is 5.82 Å². The van der Waals surface area contributed by atoms with E-state index < -0.39 is 5.41 Å². The highest BCUT2D eigenvalue weighted by Gasteiger charge is 2.47. The lowest BCUT2D eigenvalue weighted by Gasteiger charge is -2.21. The Balaban J connectivity index is 1.64. The first-order valence-corrected chi connectivity index (χ1v) is 10.6. The molecule has 1 aromatic carbocycles. The number of aryl methyl sites for hydroxylation is 2. The second-order valence-corrected chi connectivity index (χ2v) is 8.29. The van der Waals surface area contributed by atoms with Crippen molar-refractivity contribution in [1.82, 2.24) is 29.5 Å². The van der Waals surface area contributed by atoms with Gasteiger partial charge in [-0.3, -0.25) is 9.59 Å². The number of hydrogen-bond acceptors (Lipinski definition) is 6. The van der Waals surface area contributed by atoms with E-state index in [1.165, 1.54) is 6.33 Å². The fourth-order valence-electron chi connectivity index (χ4n) is 4.17. The minimum Gasteiger partial charge on any atom is -0.309 e. The van der Waals surface area contributed by atoms with Gasteiger partial charge >= 0.3 is 0 Å². The molecule has 5 rings (SSSR count). The third-order valence-corrected chi connectivity index (χ3v) is 6.08. The predicted octanol–water partition coefficient (Wildman–Crippen LogP) is 2.78. The normalized spacial score (nSPS) is 17.5. The van der Waals surface area contributed by atoms with Gasteiger partial charge in [0.05, 0.1) is 17.5 Å². The molecule has 3 aromatic heterocycles. The molecule has 1 aliphatic heterocycles. The van der Waals surface area contributed by atoms with Crippen molar-refractivity contribution in [2.75, 3.05) is 5.32 Å². The predicted molar refractivity (Wildman–Crippen MR) is 120 cm³/mol. The molecule has 9 nitrogen and oxygen atoms in total. The van der Waals surface area contributed by atoms with Crippen molar-refractivity contribution in [2.45, 2.75) is 45.4 Å². The zero-order valence-corrected chi connectivity index (χ0v) is 18.1. The molecule has 0 bridgehead atoms. The lowest BCUT2D eigenvalue weighted by Crippen LogP contribution is -2.36. The molecule has 32 heavy (non-hydrogen) atoms. The highest BCUT2D eigenvalue weighted by molar-refractivity contribution is 6.07. The van der Waals surface area contributed by atoms with Gasteiger partial charge in [0.2, 0.25) is 5.91 Å². The van der Waals surface area contributed by atoms with Crippen LogP contribution < -0.4 is 10.9 Å². The van der Waals surface area contributed by atoms with Gasteiger partial charge in [-0.15, -0.1) is 0 Å². The number of nitrogens with zero attached hydrogens (tertiary/aromatic N) is 5. The van der Waals surface area contributed by atoms with E-state index in [0.717, 1.165) is 36.1 Å². The summed E-state index contributed by atoms with van der Waals surface area (Å²) >= 11 is 0. The maximum Gasteiger partial charge on any atom is 0.257 e. The molecule has 0 spiro atoms. The van der Waals surface area contributed by atoms with Crippen LogP contribution in [0.1, 0.15) is 49.1 Å². The molecular formula is C23H23N7O2. The topological polar surface area (TPSA) is 118 Å². The first kappa shape index (κ1) is 20.0. The molecule has 0 saturated carbocycles. The van der Waals surface area contributed by atoms with Crippen molar-refractivity contribution in [3.8, 4) is 11.5 Å². The summed E-state index contributed by atoms with van der Waals surface area (Å²) < 4.78 is 1.63. The van der Waals surface area contributed by atoms with E-state index in [1.54, 1.807) is 17.6 Å². The highest BCUT2D eigenvalue weighted by Crippen LogP contribution is 2.40. The van der Waals surface area contributed by atoms with Crippen LogP contribution in [0.15, 0.2) is 41.6 Å². The van der Waals surface area contributed by atoms with Gasteiger partial charge in [0.15, 0.2) is 11.5 Å². The van der Waals surface area contributed by atoms with Crippen LogP contribution >= 0.6 is 0 Å². The number of anilines is 1. The number of fused-ring (bicyclic) bond motifs is 2. The summed E-state index contributed by atoms with van der Waals surface area (Å²) in [5.41, 5.74) is 2.56. The molecule has 1 aliphatic rings. The first-order chi connectivity index (χ1) is 15.4. The minimum atomic E-state index is -1.13. The van der Waals surface area contributed by atoms with Crippen LogP contribution in [0.25, 0.3) is 17.2 Å². The van der Waals surface area contributed by atoms with Gasteiger partial charge < -0.3 is 10.3 Å². The summed E-state index contributed by atoms with van der Waals surface area (Å²) in [6.45, 7) is 5.83. The van der Waals surface area contributed by atoms with Gasteiger partial charge in [-0.05, 0) is 32.3 Å². The van der Waals surface area contributed by atoms with Crippen molar-refractivity contribution in [2.24, 2.45) is 0 Å². The fraction of sp³-hybridized carbons (Fsp3) is 0.304. The Morgan fingerprint density at radius 2 is 1.91 bits per heavy atom. The molecule has 0 saturated heterocycles. The van der Waals surface area contributed by atoms with Crippen LogP contribution in [0, 0.1) is 6.92 Å². The first-order valence-electron chi connectivity index (χ1n) is 10.6. The van der Waals surface area contributed by atoms with E-state index in [-0.39, 0.29) is 23.1 Å². The SMILES string of the molecule is CCCCc1nc(-c2nc3c(c(=O)[nH]2)[C@](C)(c2ccc(C)cc2)C(=O)N3)cn2ncnc12. The Kier molecular flexibility index (Phi) is 4.61. The number of amides is 1. The summed E-state index contributed by atoms with van der Waals surface area (Å²) in [6.07, 6.45) is 5.87. The zero-order valence-electron chi connectivity index (χ0n) is 18.1. The number of benzene rings is 1. The van der Waals surface area contributed by atoms with Crippen LogP contribution in [0.3, 0.4) is 0 Å². The van der Waals surface area contributed by atoms with E-state index >= 15 is 0 Å². The van der Waals surface area contributed by atoms with Gasteiger partial charge in [0, 0.05) is 0 Å². The second kappa shape index (κ2) is 7.37. The molecule has 2 N–H and O–H groups in total. The number of aromatic amines is 1. The average molecular weight is 429 g/mol. The molecule has 0 fully saturated rings. The Bertz CT molecular complexity index is 1400. The lowest BCUT2D eigenvalue weighted by atomic mass is 9.78. The van der Waals surface area contributed by atoms with Crippen molar-refractivity contribution >= 4 is 17.4 Å². The molecule has 0 unspecified atom stereocenters. The van der Waals surface area contributed by atoms with E-state index in [2.05, 4.69) is 32.3 Å². The lowest BCUT2D eigenvalue weighted by molar-refractivity contribution is -0.119. The Labute approximate surface area is 184 Å². The van der Waals surface area contributed by atoms with Crippen LogP contribution in [-0.2, 0) is 16.6 Å². The monoisotopic (exact) mass is 429 g/mol. The van der Waals surface area contributed by atoms with Crippen LogP contribution in [0.2, 0.25) is 0 Å². The van der Waals surface area contributed by atoms with Gasteiger partial charge in [-0.1, -0.05) is 43.2 Å². The summed E-state index contributed by atoms with van der Waals surface area (Å²) in [6, 6.07) is 7.60. The molecule has 9 heteroatoms. The number of aromatic nitrogens is 6. The molecule has 4 heterocycles. The maximum atomic E-state index is 13.2. The van der Waals surface area contributed by atoms with E-state index in [1.807, 2.05) is 31.2 Å².